The first-order valence-electron chi connectivity index (χ1n) is 6.64. The number of benzene rings is 1. The highest BCUT2D eigenvalue weighted by atomic mass is 16.1. The average Bonchev–Trinajstić information content (AvgIpc) is 2.88. The molecule has 18 heavy (non-hydrogen) atoms. The molecule has 1 heteroatoms. The summed E-state index contributed by atoms with van der Waals surface area (Å²) < 4.78 is 0. The minimum atomic E-state index is 0.242. The van der Waals surface area contributed by atoms with E-state index in [0.717, 1.165) is 30.1 Å². The number of hydrogen-bond acceptors (Lipinski definition) is 1. The molecule has 0 saturated heterocycles. The van der Waals surface area contributed by atoms with Crippen LogP contribution >= 0.6 is 0 Å². The van der Waals surface area contributed by atoms with Gasteiger partial charge in [0.25, 0.3) is 0 Å². The molecular formula is C17H14O. The fourth-order valence-electron chi connectivity index (χ4n) is 3.34. The summed E-state index contributed by atoms with van der Waals surface area (Å²) >= 11 is 0. The number of allylic oxidation sites excluding steroid dienone is 3. The number of Topliss-reactive ketones (excluding diaryl/α,β-unsaturated/α-hetero) is 1. The Morgan fingerprint density at radius 2 is 1.78 bits per heavy atom. The molecule has 88 valence electrons. The van der Waals surface area contributed by atoms with Crippen molar-refractivity contribution in [3.63, 3.8) is 0 Å². The monoisotopic (exact) mass is 234 g/mol. The Morgan fingerprint density at radius 3 is 2.67 bits per heavy atom. The molecule has 4 rings (SSSR count). The second kappa shape index (κ2) is 3.55. The maximum Gasteiger partial charge on any atom is 0.182 e. The number of rotatable bonds is 0. The topological polar surface area (TPSA) is 17.1 Å². The van der Waals surface area contributed by atoms with Gasteiger partial charge in [0.15, 0.2) is 5.78 Å². The van der Waals surface area contributed by atoms with E-state index in [1.54, 1.807) is 0 Å². The van der Waals surface area contributed by atoms with E-state index in [0.29, 0.717) is 0 Å². The lowest BCUT2D eigenvalue weighted by Gasteiger charge is -2.23. The smallest absolute Gasteiger partial charge is 0.182 e. The Balaban J connectivity index is 2.09. The van der Waals surface area contributed by atoms with Crippen molar-refractivity contribution in [2.45, 2.75) is 25.7 Å². The van der Waals surface area contributed by atoms with Crippen LogP contribution in [0, 0.1) is 0 Å². The van der Waals surface area contributed by atoms with Crippen LogP contribution in [-0.2, 0) is 4.79 Å². The molecule has 0 unspecified atom stereocenters. The normalized spacial score (nSPS) is 19.9. The standard InChI is InChI=1S/C17H14O/c18-17-10-16-12-7-3-4-11(12)8-9-14(16)13-5-1-2-6-15(13)17/h3-4,7-10H,1-2,5-6H2. The van der Waals surface area contributed by atoms with Crippen molar-refractivity contribution < 1.29 is 4.79 Å². The summed E-state index contributed by atoms with van der Waals surface area (Å²) in [6, 6.07) is 4.37. The van der Waals surface area contributed by atoms with Gasteiger partial charge in [0, 0.05) is 5.57 Å². The number of carbonyl (C=O) groups excluding carboxylic acids is 1. The molecule has 0 heterocycles. The van der Waals surface area contributed by atoms with Crippen LogP contribution < -0.4 is 10.4 Å². The first kappa shape index (κ1) is 10.1. The first-order chi connectivity index (χ1) is 8.84. The molecule has 1 aromatic rings. The van der Waals surface area contributed by atoms with Crippen LogP contribution in [0.25, 0.3) is 23.8 Å². The van der Waals surface area contributed by atoms with Crippen molar-refractivity contribution in [1.82, 2.24) is 0 Å². The minimum absolute atomic E-state index is 0.242. The van der Waals surface area contributed by atoms with E-state index < -0.39 is 0 Å². The number of hydrogen-bond donors (Lipinski definition) is 0. The highest BCUT2D eigenvalue weighted by Crippen LogP contribution is 2.33. The van der Waals surface area contributed by atoms with Crippen molar-refractivity contribution in [2.75, 3.05) is 0 Å². The Kier molecular flexibility index (Phi) is 1.99. The molecule has 3 aliphatic rings. The molecular weight excluding hydrogens is 220 g/mol. The van der Waals surface area contributed by atoms with Crippen LogP contribution in [0.5, 0.6) is 0 Å². The molecule has 0 spiro atoms. The van der Waals surface area contributed by atoms with E-state index in [1.807, 2.05) is 6.08 Å². The van der Waals surface area contributed by atoms with Crippen molar-refractivity contribution in [3.05, 3.63) is 45.3 Å². The summed E-state index contributed by atoms with van der Waals surface area (Å²) in [5, 5.41) is 2.36. The molecule has 0 aromatic heterocycles. The maximum absolute atomic E-state index is 12.2. The summed E-state index contributed by atoms with van der Waals surface area (Å²) in [4.78, 5) is 12.2. The molecule has 1 aromatic carbocycles. The summed E-state index contributed by atoms with van der Waals surface area (Å²) in [6.45, 7) is 0. The second-order valence-electron chi connectivity index (χ2n) is 5.23. The number of ketones is 1. The SMILES string of the molecule is O=C1C=c2c(ccc3c2=CC=C3)C2=C1CCCC2. The first-order valence-corrected chi connectivity index (χ1v) is 6.64. The third-order valence-electron chi connectivity index (χ3n) is 4.23. The molecule has 0 radical (unpaired) electrons. The van der Waals surface area contributed by atoms with Crippen molar-refractivity contribution in [1.29, 1.82) is 0 Å². The summed E-state index contributed by atoms with van der Waals surface area (Å²) in [6.07, 6.45) is 12.5. The maximum atomic E-state index is 12.2. The van der Waals surface area contributed by atoms with Gasteiger partial charge in [0.1, 0.15) is 0 Å². The predicted octanol–water partition coefficient (Wildman–Crippen LogP) is 2.18. The summed E-state index contributed by atoms with van der Waals surface area (Å²) in [5.74, 6) is 0.242. The van der Waals surface area contributed by atoms with E-state index in [4.69, 9.17) is 0 Å². The lowest BCUT2D eigenvalue weighted by molar-refractivity contribution is -0.110. The fourth-order valence-corrected chi connectivity index (χ4v) is 3.34. The van der Waals surface area contributed by atoms with Crippen LogP contribution in [-0.4, -0.2) is 5.78 Å². The van der Waals surface area contributed by atoms with Crippen molar-refractivity contribution in [2.24, 2.45) is 0 Å². The van der Waals surface area contributed by atoms with Gasteiger partial charge in [-0.3, -0.25) is 4.79 Å². The largest absolute Gasteiger partial charge is 0.290 e. The zero-order valence-electron chi connectivity index (χ0n) is 10.2. The average molecular weight is 234 g/mol. The van der Waals surface area contributed by atoms with E-state index in [-0.39, 0.29) is 5.78 Å². The lowest BCUT2D eigenvalue weighted by atomic mass is 9.81. The van der Waals surface area contributed by atoms with Crippen LogP contribution in [0.3, 0.4) is 0 Å². The molecule has 0 saturated carbocycles. The van der Waals surface area contributed by atoms with Crippen molar-refractivity contribution >= 4 is 29.6 Å². The predicted molar refractivity (Wildman–Crippen MR) is 74.1 cm³/mol. The molecule has 0 aliphatic heterocycles. The van der Waals surface area contributed by atoms with Gasteiger partial charge in [-0.25, -0.2) is 0 Å². The lowest BCUT2D eigenvalue weighted by Crippen LogP contribution is -2.34. The van der Waals surface area contributed by atoms with Gasteiger partial charge in [0.2, 0.25) is 0 Å². The highest BCUT2D eigenvalue weighted by Gasteiger charge is 2.23. The van der Waals surface area contributed by atoms with Gasteiger partial charge in [0.05, 0.1) is 0 Å². The van der Waals surface area contributed by atoms with Gasteiger partial charge >= 0.3 is 0 Å². The van der Waals surface area contributed by atoms with E-state index in [1.165, 1.54) is 28.3 Å². The Labute approximate surface area is 106 Å². The van der Waals surface area contributed by atoms with Crippen LogP contribution in [0.4, 0.5) is 0 Å². The Hall–Kier alpha value is -1.89. The van der Waals surface area contributed by atoms with Gasteiger partial charge in [-0.1, -0.05) is 30.4 Å². The molecule has 0 fully saturated rings. The van der Waals surface area contributed by atoms with E-state index in [2.05, 4.69) is 30.4 Å². The molecule has 1 nitrogen and oxygen atoms in total. The van der Waals surface area contributed by atoms with Gasteiger partial charge in [-0.2, -0.15) is 0 Å². The van der Waals surface area contributed by atoms with Crippen LogP contribution in [0.15, 0.2) is 23.8 Å². The summed E-state index contributed by atoms with van der Waals surface area (Å²) in [7, 11) is 0. The van der Waals surface area contributed by atoms with Gasteiger partial charge in [-0.15, -0.1) is 0 Å². The Bertz CT molecular complexity index is 745. The fraction of sp³-hybridized carbons (Fsp3) is 0.235. The number of carbonyl (C=O) groups is 1. The highest BCUT2D eigenvalue weighted by molar-refractivity contribution is 6.22. The van der Waals surface area contributed by atoms with Crippen molar-refractivity contribution in [3.8, 4) is 0 Å². The quantitative estimate of drug-likeness (QED) is 0.672. The zero-order valence-corrected chi connectivity index (χ0v) is 10.2. The number of fused-ring (bicyclic) bond motifs is 4. The Morgan fingerprint density at radius 1 is 0.944 bits per heavy atom. The zero-order chi connectivity index (χ0) is 12.1. The van der Waals surface area contributed by atoms with Gasteiger partial charge < -0.3 is 0 Å². The molecule has 0 N–H and O–H groups in total. The van der Waals surface area contributed by atoms with Crippen LogP contribution in [0.1, 0.15) is 36.8 Å². The molecule has 0 atom stereocenters. The molecule has 0 amide bonds. The molecule has 0 bridgehead atoms. The third kappa shape index (κ3) is 1.25. The second-order valence-corrected chi connectivity index (χ2v) is 5.23. The molecule has 3 aliphatic carbocycles. The van der Waals surface area contributed by atoms with Gasteiger partial charge in [-0.05, 0) is 58.9 Å². The van der Waals surface area contributed by atoms with E-state index >= 15 is 0 Å². The van der Waals surface area contributed by atoms with Crippen LogP contribution in [0.2, 0.25) is 0 Å². The summed E-state index contributed by atoms with van der Waals surface area (Å²) in [5.41, 5.74) is 4.91. The van der Waals surface area contributed by atoms with E-state index in [9.17, 15) is 4.79 Å². The minimum Gasteiger partial charge on any atom is -0.290 e. The third-order valence-corrected chi connectivity index (χ3v) is 4.23.